The third-order valence-corrected chi connectivity index (χ3v) is 13.8. The van der Waals surface area contributed by atoms with Gasteiger partial charge >= 0.3 is 0 Å². The van der Waals surface area contributed by atoms with Crippen molar-refractivity contribution in [1.82, 2.24) is 24.6 Å². The van der Waals surface area contributed by atoms with E-state index in [1.54, 1.807) is 19.4 Å². The summed E-state index contributed by atoms with van der Waals surface area (Å²) in [4.78, 5) is 26.3. The fraction of sp³-hybridized carbons (Fsp3) is 0.381. The van der Waals surface area contributed by atoms with E-state index in [4.69, 9.17) is 0 Å². The van der Waals surface area contributed by atoms with Gasteiger partial charge < -0.3 is 0 Å². The number of carbonyl (C=O) groups is 2. The zero-order valence-electron chi connectivity index (χ0n) is 28.4. The number of fused-ring (bicyclic) bond motifs is 10. The molecule has 2 bridgehead atoms. The Hall–Kier alpha value is -4.62. The summed E-state index contributed by atoms with van der Waals surface area (Å²) in [5, 5.41) is 8.29. The van der Waals surface area contributed by atoms with Crippen molar-refractivity contribution in [2.75, 3.05) is 0 Å². The lowest BCUT2D eigenvalue weighted by Gasteiger charge is -2.62. The SMILES string of the molecule is CC(=O)C1=CC2=C(CC1)C1=Cc3c4c(c5n3[N+]36N7C(=C5)C5=C(C=CC(C(C)=O)C5)C7C=C5C7=C(CCC=C7)C(CC2N13)C(C)N56)CCC=C4. The number of aromatic nitrogens is 1. The highest BCUT2D eigenvalue weighted by Crippen LogP contribution is 2.62. The van der Waals surface area contributed by atoms with Crippen LogP contribution in [0.5, 0.6) is 0 Å². The summed E-state index contributed by atoms with van der Waals surface area (Å²) < 4.78 is 2.69. The molecular formula is C42H40N5O2+. The van der Waals surface area contributed by atoms with Crippen molar-refractivity contribution in [3.63, 3.8) is 0 Å². The van der Waals surface area contributed by atoms with Crippen LogP contribution in [0, 0.1) is 11.8 Å². The van der Waals surface area contributed by atoms with Crippen molar-refractivity contribution in [3.05, 3.63) is 121 Å². The van der Waals surface area contributed by atoms with E-state index in [-0.39, 0.29) is 35.6 Å². The number of quaternary nitrogens is 1. The minimum atomic E-state index is -0.0964. The predicted octanol–water partition coefficient (Wildman–Crippen LogP) is 7.04. The van der Waals surface area contributed by atoms with Gasteiger partial charge in [0, 0.05) is 23.0 Å². The average molecular weight is 647 g/mol. The lowest BCUT2D eigenvalue weighted by molar-refractivity contribution is -0.349. The maximum Gasteiger partial charge on any atom is 0.155 e. The molecule has 0 radical (unpaired) electrons. The number of nitrogens with zero attached hydrogens (tertiary/aromatic N) is 5. The summed E-state index contributed by atoms with van der Waals surface area (Å²) in [5.41, 5.74) is 18.8. The summed E-state index contributed by atoms with van der Waals surface area (Å²) in [7, 11) is 0. The van der Waals surface area contributed by atoms with Crippen LogP contribution >= 0.6 is 0 Å². The Morgan fingerprint density at radius 1 is 0.816 bits per heavy atom. The molecule has 4 aliphatic carbocycles. The van der Waals surface area contributed by atoms with Crippen LogP contribution in [0.4, 0.5) is 0 Å². The van der Waals surface area contributed by atoms with E-state index in [1.165, 1.54) is 67.5 Å². The van der Waals surface area contributed by atoms with E-state index in [9.17, 15) is 9.59 Å². The lowest BCUT2D eigenvalue weighted by atomic mass is 9.74. The van der Waals surface area contributed by atoms with Gasteiger partial charge in [0.2, 0.25) is 0 Å². The highest BCUT2D eigenvalue weighted by Gasteiger charge is 2.72. The maximum atomic E-state index is 12.9. The van der Waals surface area contributed by atoms with Crippen molar-refractivity contribution < 1.29 is 9.59 Å². The van der Waals surface area contributed by atoms with Gasteiger partial charge in [-0.3, -0.25) is 9.59 Å². The van der Waals surface area contributed by atoms with Gasteiger partial charge in [-0.2, -0.15) is 0 Å². The van der Waals surface area contributed by atoms with Crippen LogP contribution in [-0.4, -0.2) is 49.4 Å². The van der Waals surface area contributed by atoms with Crippen molar-refractivity contribution >= 4 is 29.8 Å². The Balaban J connectivity index is 1.24. The first-order chi connectivity index (χ1) is 23.9. The average Bonchev–Trinajstić information content (AvgIpc) is 3.71. The minimum absolute atomic E-state index is 0.0273. The van der Waals surface area contributed by atoms with E-state index < -0.39 is 0 Å². The van der Waals surface area contributed by atoms with Crippen LogP contribution in [0.1, 0.15) is 88.2 Å². The second kappa shape index (κ2) is 8.75. The van der Waals surface area contributed by atoms with Crippen LogP contribution in [0.15, 0.2) is 98.6 Å². The van der Waals surface area contributed by atoms with Gasteiger partial charge in [0.15, 0.2) is 5.78 Å². The van der Waals surface area contributed by atoms with Crippen LogP contribution in [0.2, 0.25) is 0 Å². The van der Waals surface area contributed by atoms with E-state index in [0.717, 1.165) is 56.9 Å². The van der Waals surface area contributed by atoms with Crippen LogP contribution in [0.3, 0.4) is 0 Å². The molecule has 7 nitrogen and oxygen atoms in total. The van der Waals surface area contributed by atoms with Crippen LogP contribution in [0.25, 0.3) is 18.2 Å². The van der Waals surface area contributed by atoms with Gasteiger partial charge in [0.25, 0.3) is 0 Å². The first kappa shape index (κ1) is 27.2. The Kier molecular flexibility index (Phi) is 4.86. The molecule has 0 amide bonds. The summed E-state index contributed by atoms with van der Waals surface area (Å²) in [6.45, 7) is 5.97. The third-order valence-electron chi connectivity index (χ3n) is 13.8. The molecule has 0 saturated carbocycles. The number of Topliss-reactive ketones (excluding diaryl/α,β-unsaturated/α-hetero) is 2. The molecule has 1 aromatic rings. The molecule has 11 aliphatic rings. The maximum absolute atomic E-state index is 12.9. The number of ketones is 2. The summed E-state index contributed by atoms with van der Waals surface area (Å²) in [6, 6.07) is 0.401. The normalized spacial score (nSPS) is 34.5. The molecule has 6 unspecified atom stereocenters. The van der Waals surface area contributed by atoms with Crippen molar-refractivity contribution in [1.29, 1.82) is 0 Å². The van der Waals surface area contributed by atoms with E-state index in [2.05, 4.69) is 87.4 Å². The summed E-state index contributed by atoms with van der Waals surface area (Å²) in [5.74, 6) is 0.730. The molecule has 49 heavy (non-hydrogen) atoms. The molecule has 0 aromatic carbocycles. The molecule has 6 atom stereocenters. The lowest BCUT2D eigenvalue weighted by Crippen LogP contribution is -2.86. The first-order valence-electron chi connectivity index (χ1n) is 18.5. The molecule has 1 aromatic heterocycles. The molecule has 12 rings (SSSR count). The number of rotatable bonds is 2. The quantitative estimate of drug-likeness (QED) is 0.323. The third kappa shape index (κ3) is 2.92. The van der Waals surface area contributed by atoms with Gasteiger partial charge in [-0.05, 0) is 130 Å². The van der Waals surface area contributed by atoms with E-state index in [1.807, 2.05) is 0 Å². The molecule has 244 valence electrons. The molecular weight excluding hydrogens is 606 g/mol. The predicted molar refractivity (Wildman–Crippen MR) is 189 cm³/mol. The molecule has 0 N–H and O–H groups in total. The van der Waals surface area contributed by atoms with Gasteiger partial charge in [-0.25, -0.2) is 0 Å². The first-order valence-corrected chi connectivity index (χ1v) is 18.5. The van der Waals surface area contributed by atoms with E-state index >= 15 is 0 Å². The highest BCUT2D eigenvalue weighted by atomic mass is 16.3. The Morgan fingerprint density at radius 2 is 1.63 bits per heavy atom. The van der Waals surface area contributed by atoms with Gasteiger partial charge in [0.1, 0.15) is 46.3 Å². The standard InChI is InChI=1S/C42H40N5O2/c1-22-33-18-36-34-16-25(23(2)48)12-14-31(34)41-20-38-29-10-6-7-11-30(29)39-21-42-35-17-26(24(3)49)13-15-32(35)40-19-37(28-9-5-4-8-27(28)33)43(22)47(44(36)41,45(38)39)46(40)42/h5-6,9-10,13,15-16,19-22,26,33,36,40H,4,7-8,11-12,14,17-18H2,1-3H3/q+1. The zero-order chi connectivity index (χ0) is 32.7. The van der Waals surface area contributed by atoms with E-state index in [0.29, 0.717) is 10.8 Å². The summed E-state index contributed by atoms with van der Waals surface area (Å²) in [6.07, 6.45) is 31.6. The fourth-order valence-electron chi connectivity index (χ4n) is 11.7. The number of allylic oxidation sites excluding steroid dienone is 7. The largest absolute Gasteiger partial charge is 0.299 e. The number of hydrogen-bond donors (Lipinski definition) is 0. The second-order valence-electron chi connectivity index (χ2n) is 15.9. The van der Waals surface area contributed by atoms with Crippen LogP contribution < -0.4 is 4.92 Å². The van der Waals surface area contributed by atoms with Crippen molar-refractivity contribution in [2.24, 2.45) is 11.8 Å². The monoisotopic (exact) mass is 646 g/mol. The van der Waals surface area contributed by atoms with Crippen LogP contribution in [-0.2, 0) is 16.0 Å². The molecule has 1 fully saturated rings. The second-order valence-corrected chi connectivity index (χ2v) is 15.9. The Bertz CT molecular complexity index is 2260. The van der Waals surface area contributed by atoms with Gasteiger partial charge in [0.05, 0.1) is 11.0 Å². The zero-order valence-corrected chi connectivity index (χ0v) is 28.4. The smallest absolute Gasteiger partial charge is 0.155 e. The number of carbonyl (C=O) groups excluding carboxylic acids is 2. The highest BCUT2D eigenvalue weighted by molar-refractivity contribution is 5.94. The number of hydrogen-bond acceptors (Lipinski definition) is 5. The summed E-state index contributed by atoms with van der Waals surface area (Å²) >= 11 is 0. The minimum Gasteiger partial charge on any atom is -0.299 e. The fourth-order valence-corrected chi connectivity index (χ4v) is 11.7. The Morgan fingerprint density at radius 3 is 2.49 bits per heavy atom. The topological polar surface area (TPSA) is 48.8 Å². The molecule has 7 heteroatoms. The van der Waals surface area contributed by atoms with Crippen molar-refractivity contribution in [2.45, 2.75) is 90.3 Å². The molecule has 1 saturated heterocycles. The van der Waals surface area contributed by atoms with Crippen molar-refractivity contribution in [3.8, 4) is 0 Å². The van der Waals surface area contributed by atoms with Gasteiger partial charge in [-0.1, -0.05) is 42.0 Å². The van der Waals surface area contributed by atoms with Gasteiger partial charge in [-0.15, -0.1) is 19.7 Å². The Labute approximate surface area is 286 Å². The molecule has 8 heterocycles. The molecule has 1 spiro atoms. The molecule has 7 aliphatic heterocycles.